The lowest BCUT2D eigenvalue weighted by atomic mass is 10.1. The smallest absolute Gasteiger partial charge is 0.149 e. The Labute approximate surface area is 149 Å². The first-order valence-corrected chi connectivity index (χ1v) is 8.71. The molecule has 0 fully saturated rings. The van der Waals surface area contributed by atoms with Gasteiger partial charge in [-0.15, -0.1) is 0 Å². The maximum absolute atomic E-state index is 5.51. The average molecular weight is 526 g/mol. The topological polar surface area (TPSA) is 26.3 Å². The number of furan rings is 2. The third kappa shape index (κ3) is 2.58. The highest BCUT2D eigenvalue weighted by atomic mass is 79.9. The largest absolute Gasteiger partial charge is 0.463 e. The van der Waals surface area contributed by atoms with Crippen LogP contribution in [0.25, 0.3) is 22.6 Å². The molecule has 2 nitrogen and oxygen atoms in total. The van der Waals surface area contributed by atoms with E-state index in [4.69, 9.17) is 8.83 Å². The van der Waals surface area contributed by atoms with E-state index in [1.165, 1.54) is 0 Å². The molecule has 0 saturated heterocycles. The van der Waals surface area contributed by atoms with Crippen molar-refractivity contribution >= 4 is 63.7 Å². The minimum absolute atomic E-state index is 0.780. The third-order valence-electron chi connectivity index (χ3n) is 2.78. The van der Waals surface area contributed by atoms with E-state index in [-0.39, 0.29) is 0 Å². The molecule has 0 bridgehead atoms. The van der Waals surface area contributed by atoms with Gasteiger partial charge in [0, 0.05) is 20.1 Å². The Kier molecular flexibility index (Phi) is 4.26. The van der Waals surface area contributed by atoms with Crippen molar-refractivity contribution in [1.82, 2.24) is 0 Å². The van der Waals surface area contributed by atoms with Crippen LogP contribution < -0.4 is 0 Å². The second kappa shape index (κ2) is 5.83. The van der Waals surface area contributed by atoms with Crippen molar-refractivity contribution in [3.05, 3.63) is 54.7 Å². The highest BCUT2D eigenvalue weighted by Crippen LogP contribution is 2.42. The first-order chi connectivity index (χ1) is 9.58. The summed E-state index contributed by atoms with van der Waals surface area (Å²) in [4.78, 5) is 0. The zero-order valence-corrected chi connectivity index (χ0v) is 16.1. The van der Waals surface area contributed by atoms with Gasteiger partial charge in [-0.25, -0.2) is 0 Å². The van der Waals surface area contributed by atoms with E-state index >= 15 is 0 Å². The van der Waals surface area contributed by atoms with E-state index in [0.717, 1.165) is 40.5 Å². The van der Waals surface area contributed by atoms with Gasteiger partial charge in [-0.2, -0.15) is 0 Å². The Balaban J connectivity index is 2.17. The van der Waals surface area contributed by atoms with E-state index in [0.29, 0.717) is 0 Å². The van der Waals surface area contributed by atoms with Crippen LogP contribution in [0.15, 0.2) is 63.5 Å². The second-order valence-corrected chi connectivity index (χ2v) is 7.42. The standard InChI is InChI=1S/C14H6Br4O2/c15-9-1-3-19-13(9)7-5-12(18)8(6-11(7)17)14-10(16)2-4-20-14/h1-6H. The molecule has 0 radical (unpaired) electrons. The lowest BCUT2D eigenvalue weighted by Gasteiger charge is -2.08. The molecule has 0 spiro atoms. The van der Waals surface area contributed by atoms with E-state index in [1.54, 1.807) is 12.5 Å². The van der Waals surface area contributed by atoms with Crippen LogP contribution in [0.3, 0.4) is 0 Å². The summed E-state index contributed by atoms with van der Waals surface area (Å²) in [5.41, 5.74) is 1.92. The fourth-order valence-corrected chi connectivity index (χ4v) is 3.74. The van der Waals surface area contributed by atoms with Crippen LogP contribution in [0.5, 0.6) is 0 Å². The van der Waals surface area contributed by atoms with Crippen LogP contribution >= 0.6 is 63.7 Å². The fourth-order valence-electron chi connectivity index (χ4n) is 1.87. The highest BCUT2D eigenvalue weighted by Gasteiger charge is 2.17. The van der Waals surface area contributed by atoms with Gasteiger partial charge >= 0.3 is 0 Å². The van der Waals surface area contributed by atoms with Gasteiger partial charge in [0.1, 0.15) is 11.5 Å². The van der Waals surface area contributed by atoms with Crippen LogP contribution in [0.2, 0.25) is 0 Å². The molecule has 2 heterocycles. The van der Waals surface area contributed by atoms with Crippen LogP contribution in [-0.4, -0.2) is 0 Å². The molecule has 0 amide bonds. The fraction of sp³-hybridized carbons (Fsp3) is 0. The first kappa shape index (κ1) is 14.6. The number of benzene rings is 1. The minimum atomic E-state index is 0.780. The molecule has 20 heavy (non-hydrogen) atoms. The summed E-state index contributed by atoms with van der Waals surface area (Å²) in [6.45, 7) is 0. The van der Waals surface area contributed by atoms with Gasteiger partial charge in [0.15, 0.2) is 0 Å². The molecule has 0 atom stereocenters. The molecule has 0 aliphatic heterocycles. The summed E-state index contributed by atoms with van der Waals surface area (Å²) < 4.78 is 14.7. The molecule has 6 heteroatoms. The molecule has 1 aromatic carbocycles. The van der Waals surface area contributed by atoms with Gasteiger partial charge in [0.25, 0.3) is 0 Å². The van der Waals surface area contributed by atoms with Crippen molar-refractivity contribution in [3.63, 3.8) is 0 Å². The molecular weight excluding hydrogens is 520 g/mol. The monoisotopic (exact) mass is 522 g/mol. The van der Waals surface area contributed by atoms with Gasteiger partial charge in [-0.05, 0) is 56.1 Å². The predicted octanol–water partition coefficient (Wildman–Crippen LogP) is 7.26. The Morgan fingerprint density at radius 3 is 1.30 bits per heavy atom. The molecule has 3 aromatic rings. The molecule has 0 unspecified atom stereocenters. The summed E-state index contributed by atoms with van der Waals surface area (Å²) in [5.74, 6) is 1.56. The van der Waals surface area contributed by atoms with Gasteiger partial charge in [0.2, 0.25) is 0 Å². The lowest BCUT2D eigenvalue weighted by Crippen LogP contribution is -1.84. The highest BCUT2D eigenvalue weighted by molar-refractivity contribution is 9.11. The summed E-state index contributed by atoms with van der Waals surface area (Å²) in [6, 6.07) is 7.73. The molecule has 2 aromatic heterocycles. The maximum atomic E-state index is 5.51. The van der Waals surface area contributed by atoms with Crippen molar-refractivity contribution in [3.8, 4) is 22.6 Å². The first-order valence-electron chi connectivity index (χ1n) is 5.53. The minimum Gasteiger partial charge on any atom is -0.463 e. The van der Waals surface area contributed by atoms with Crippen molar-refractivity contribution < 1.29 is 8.83 Å². The Morgan fingerprint density at radius 1 is 0.600 bits per heavy atom. The third-order valence-corrected chi connectivity index (χ3v) is 5.34. The molecular formula is C14H6Br4O2. The van der Waals surface area contributed by atoms with Crippen molar-refractivity contribution in [2.45, 2.75) is 0 Å². The predicted molar refractivity (Wildman–Crippen MR) is 92.6 cm³/mol. The van der Waals surface area contributed by atoms with Crippen molar-refractivity contribution in [2.75, 3.05) is 0 Å². The van der Waals surface area contributed by atoms with Crippen molar-refractivity contribution in [2.24, 2.45) is 0 Å². The van der Waals surface area contributed by atoms with Crippen LogP contribution in [0.1, 0.15) is 0 Å². The zero-order chi connectivity index (χ0) is 14.3. The number of hydrogen-bond acceptors (Lipinski definition) is 2. The quantitative estimate of drug-likeness (QED) is 0.352. The Morgan fingerprint density at radius 2 is 1.00 bits per heavy atom. The van der Waals surface area contributed by atoms with Crippen LogP contribution in [-0.2, 0) is 0 Å². The van der Waals surface area contributed by atoms with E-state index in [9.17, 15) is 0 Å². The molecule has 102 valence electrons. The van der Waals surface area contributed by atoms with Gasteiger partial charge < -0.3 is 8.83 Å². The molecule has 0 saturated carbocycles. The number of halogens is 4. The van der Waals surface area contributed by atoms with Gasteiger partial charge in [0.05, 0.1) is 21.5 Å². The zero-order valence-electron chi connectivity index (χ0n) is 9.79. The van der Waals surface area contributed by atoms with E-state index < -0.39 is 0 Å². The number of rotatable bonds is 2. The van der Waals surface area contributed by atoms with Gasteiger partial charge in [-0.3, -0.25) is 0 Å². The molecule has 0 aliphatic carbocycles. The number of hydrogen-bond donors (Lipinski definition) is 0. The SMILES string of the molecule is Brc1cc(-c2occc2Br)c(Br)cc1-c1occc1Br. The summed E-state index contributed by atoms with van der Waals surface area (Å²) in [7, 11) is 0. The summed E-state index contributed by atoms with van der Waals surface area (Å²) in [6.07, 6.45) is 3.30. The molecule has 0 aliphatic rings. The Hall–Kier alpha value is -0.300. The molecule has 3 rings (SSSR count). The second-order valence-electron chi connectivity index (χ2n) is 4.01. The molecule has 0 N–H and O–H groups in total. The summed E-state index contributed by atoms with van der Waals surface area (Å²) in [5, 5.41) is 0. The summed E-state index contributed by atoms with van der Waals surface area (Å²) >= 11 is 14.1. The van der Waals surface area contributed by atoms with E-state index in [1.807, 2.05) is 24.3 Å². The van der Waals surface area contributed by atoms with Crippen LogP contribution in [0, 0.1) is 0 Å². The van der Waals surface area contributed by atoms with E-state index in [2.05, 4.69) is 63.7 Å². The normalized spacial score (nSPS) is 11.0. The average Bonchev–Trinajstić information content (AvgIpc) is 3.01. The van der Waals surface area contributed by atoms with Crippen LogP contribution in [0.4, 0.5) is 0 Å². The maximum Gasteiger partial charge on any atom is 0.149 e. The van der Waals surface area contributed by atoms with Gasteiger partial charge in [-0.1, -0.05) is 31.9 Å². The Bertz CT molecular complexity index is 707. The van der Waals surface area contributed by atoms with Crippen molar-refractivity contribution in [1.29, 1.82) is 0 Å². The lowest BCUT2D eigenvalue weighted by molar-refractivity contribution is 0.579.